The van der Waals surface area contributed by atoms with Crippen LogP contribution >= 0.6 is 0 Å². The van der Waals surface area contributed by atoms with E-state index in [0.29, 0.717) is 6.42 Å². The summed E-state index contributed by atoms with van der Waals surface area (Å²) in [5.41, 5.74) is 3.24. The maximum Gasteiger partial charge on any atom is 0.120 e. The molecule has 0 spiro atoms. The minimum absolute atomic E-state index is 0.573. The average molecular weight is 188 g/mol. The van der Waals surface area contributed by atoms with Crippen molar-refractivity contribution >= 4 is 17.2 Å². The normalized spacial score (nSPS) is 10.6. The molecule has 2 rings (SSSR count). The number of carbonyl (C=O) groups is 1. The summed E-state index contributed by atoms with van der Waals surface area (Å²) in [6, 6.07) is 6.00. The molecule has 3 nitrogen and oxygen atoms in total. The fourth-order valence-corrected chi connectivity index (χ4v) is 1.74. The molecule has 0 saturated carbocycles. The molecule has 1 aromatic heterocycles. The van der Waals surface area contributed by atoms with Gasteiger partial charge in [-0.3, -0.25) is 5.10 Å². The summed E-state index contributed by atoms with van der Waals surface area (Å²) in [6.45, 7) is 2.00. The topological polar surface area (TPSA) is 45.8 Å². The number of aldehydes is 1. The molecule has 0 fully saturated rings. The van der Waals surface area contributed by atoms with Gasteiger partial charge in [0, 0.05) is 17.5 Å². The Kier molecular flexibility index (Phi) is 2.31. The molecular formula is C11H12N2O. The van der Waals surface area contributed by atoms with Crippen molar-refractivity contribution in [2.75, 3.05) is 0 Å². The van der Waals surface area contributed by atoms with Crippen molar-refractivity contribution in [1.82, 2.24) is 10.2 Å². The molecule has 0 amide bonds. The van der Waals surface area contributed by atoms with Crippen LogP contribution in [0.3, 0.4) is 0 Å². The van der Waals surface area contributed by atoms with Gasteiger partial charge in [0.25, 0.3) is 0 Å². The van der Waals surface area contributed by atoms with Crippen molar-refractivity contribution in [2.24, 2.45) is 0 Å². The number of benzene rings is 1. The first-order chi connectivity index (χ1) is 6.83. The lowest BCUT2D eigenvalue weighted by Gasteiger charge is -2.00. The van der Waals surface area contributed by atoms with E-state index in [4.69, 9.17) is 0 Å². The van der Waals surface area contributed by atoms with Crippen LogP contribution in [0.4, 0.5) is 0 Å². The second-order valence-corrected chi connectivity index (χ2v) is 3.37. The van der Waals surface area contributed by atoms with Gasteiger partial charge in [-0.25, -0.2) is 0 Å². The molecule has 0 unspecified atom stereocenters. The molecule has 0 aliphatic carbocycles. The number of hydrogen-bond donors (Lipinski definition) is 1. The first-order valence-corrected chi connectivity index (χ1v) is 4.69. The molecular weight excluding hydrogens is 176 g/mol. The predicted molar refractivity (Wildman–Crippen MR) is 55.2 cm³/mol. The Morgan fingerprint density at radius 1 is 1.50 bits per heavy atom. The van der Waals surface area contributed by atoms with Crippen LogP contribution in [-0.4, -0.2) is 16.5 Å². The van der Waals surface area contributed by atoms with Gasteiger partial charge >= 0.3 is 0 Å². The molecule has 0 aliphatic rings. The molecule has 0 atom stereocenters. The molecule has 0 bridgehead atoms. The number of aromatic amines is 1. The van der Waals surface area contributed by atoms with Crippen LogP contribution in [0.1, 0.15) is 17.7 Å². The van der Waals surface area contributed by atoms with Crippen LogP contribution < -0.4 is 0 Å². The summed E-state index contributed by atoms with van der Waals surface area (Å²) in [6.07, 6.45) is 2.32. The van der Waals surface area contributed by atoms with Crippen molar-refractivity contribution < 1.29 is 4.79 Å². The highest BCUT2D eigenvalue weighted by Gasteiger charge is 2.05. The summed E-state index contributed by atoms with van der Waals surface area (Å²) >= 11 is 0. The first kappa shape index (κ1) is 8.94. The van der Waals surface area contributed by atoms with E-state index in [0.717, 1.165) is 29.3 Å². The highest BCUT2D eigenvalue weighted by atomic mass is 16.1. The van der Waals surface area contributed by atoms with E-state index in [-0.39, 0.29) is 0 Å². The minimum Gasteiger partial charge on any atom is -0.303 e. The Morgan fingerprint density at radius 2 is 2.36 bits per heavy atom. The third-order valence-electron chi connectivity index (χ3n) is 2.38. The van der Waals surface area contributed by atoms with Crippen LogP contribution in [-0.2, 0) is 11.2 Å². The van der Waals surface area contributed by atoms with Gasteiger partial charge in [0.15, 0.2) is 0 Å². The predicted octanol–water partition coefficient (Wildman–Crippen LogP) is 2.00. The smallest absolute Gasteiger partial charge is 0.120 e. The van der Waals surface area contributed by atoms with E-state index in [1.54, 1.807) is 0 Å². The summed E-state index contributed by atoms with van der Waals surface area (Å²) in [7, 11) is 0. The van der Waals surface area contributed by atoms with E-state index in [9.17, 15) is 4.79 Å². The zero-order chi connectivity index (χ0) is 9.97. The van der Waals surface area contributed by atoms with Crippen LogP contribution in [0.5, 0.6) is 0 Å². The van der Waals surface area contributed by atoms with Crippen LogP contribution in [0.15, 0.2) is 18.2 Å². The fraction of sp³-hybridized carbons (Fsp3) is 0.273. The van der Waals surface area contributed by atoms with Crippen LogP contribution in [0, 0.1) is 6.92 Å². The summed E-state index contributed by atoms with van der Waals surface area (Å²) in [5.74, 6) is 0. The van der Waals surface area contributed by atoms with Gasteiger partial charge in [-0.1, -0.05) is 12.1 Å². The third-order valence-corrected chi connectivity index (χ3v) is 2.38. The molecule has 1 aromatic carbocycles. The monoisotopic (exact) mass is 188 g/mol. The van der Waals surface area contributed by atoms with E-state index in [2.05, 4.69) is 10.2 Å². The lowest BCUT2D eigenvalue weighted by Crippen LogP contribution is -1.87. The first-order valence-electron chi connectivity index (χ1n) is 4.69. The molecule has 2 aromatic rings. The number of carbonyl (C=O) groups excluding carboxylic acids is 1. The van der Waals surface area contributed by atoms with Gasteiger partial charge < -0.3 is 4.79 Å². The van der Waals surface area contributed by atoms with E-state index in [1.165, 1.54) is 5.56 Å². The van der Waals surface area contributed by atoms with Gasteiger partial charge in [-0.15, -0.1) is 0 Å². The molecule has 3 heteroatoms. The average Bonchev–Trinajstić information content (AvgIpc) is 2.58. The summed E-state index contributed by atoms with van der Waals surface area (Å²) in [5, 5.41) is 8.29. The molecule has 0 aliphatic heterocycles. The number of rotatable bonds is 3. The van der Waals surface area contributed by atoms with Gasteiger partial charge in [0.05, 0.1) is 5.52 Å². The molecule has 0 saturated heterocycles. The van der Waals surface area contributed by atoms with Gasteiger partial charge in [-0.05, 0) is 25.0 Å². The van der Waals surface area contributed by atoms with E-state index >= 15 is 0 Å². The van der Waals surface area contributed by atoms with Gasteiger partial charge in [-0.2, -0.15) is 5.10 Å². The highest BCUT2D eigenvalue weighted by Crippen LogP contribution is 2.20. The Labute approximate surface area is 82.1 Å². The van der Waals surface area contributed by atoms with Crippen molar-refractivity contribution in [2.45, 2.75) is 19.8 Å². The maximum atomic E-state index is 10.3. The number of H-pyrrole nitrogens is 1. The number of aromatic nitrogens is 2. The van der Waals surface area contributed by atoms with Gasteiger partial charge in [0.1, 0.15) is 6.29 Å². The third kappa shape index (κ3) is 1.41. The number of nitrogens with zero attached hydrogens (tertiary/aromatic N) is 1. The Hall–Kier alpha value is -1.64. The maximum absolute atomic E-state index is 10.3. The largest absolute Gasteiger partial charge is 0.303 e. The quantitative estimate of drug-likeness (QED) is 0.749. The van der Waals surface area contributed by atoms with E-state index < -0.39 is 0 Å². The van der Waals surface area contributed by atoms with Gasteiger partial charge in [0.2, 0.25) is 0 Å². The number of fused-ring (bicyclic) bond motifs is 1. The Balaban J connectivity index is 2.51. The zero-order valence-electron chi connectivity index (χ0n) is 8.08. The molecule has 1 heterocycles. The number of hydrogen-bond acceptors (Lipinski definition) is 2. The number of aryl methyl sites for hydroxylation is 2. The molecule has 14 heavy (non-hydrogen) atoms. The SMILES string of the molecule is Cc1[nH]nc2cccc(CCC=O)c12. The molecule has 1 N–H and O–H groups in total. The second kappa shape index (κ2) is 3.62. The standard InChI is InChI=1S/C11H12N2O/c1-8-11-9(5-3-7-14)4-2-6-10(11)13-12-8/h2,4,6-7H,3,5H2,1H3,(H,12,13). The molecule has 72 valence electrons. The minimum atomic E-state index is 0.573. The lowest BCUT2D eigenvalue weighted by molar-refractivity contribution is -0.107. The molecule has 0 radical (unpaired) electrons. The Bertz CT molecular complexity index is 459. The zero-order valence-corrected chi connectivity index (χ0v) is 8.08. The van der Waals surface area contributed by atoms with Crippen LogP contribution in [0.25, 0.3) is 10.9 Å². The van der Waals surface area contributed by atoms with Crippen molar-refractivity contribution in [3.63, 3.8) is 0 Å². The van der Waals surface area contributed by atoms with E-state index in [1.807, 2.05) is 25.1 Å². The number of nitrogens with one attached hydrogen (secondary N) is 1. The van der Waals surface area contributed by atoms with Crippen molar-refractivity contribution in [3.05, 3.63) is 29.5 Å². The summed E-state index contributed by atoms with van der Waals surface area (Å²) < 4.78 is 0. The lowest BCUT2D eigenvalue weighted by atomic mass is 10.0. The van der Waals surface area contributed by atoms with Crippen molar-refractivity contribution in [1.29, 1.82) is 0 Å². The highest BCUT2D eigenvalue weighted by molar-refractivity contribution is 5.84. The fourth-order valence-electron chi connectivity index (χ4n) is 1.74. The van der Waals surface area contributed by atoms with Crippen LogP contribution in [0.2, 0.25) is 0 Å². The van der Waals surface area contributed by atoms with Crippen molar-refractivity contribution in [3.8, 4) is 0 Å². The second-order valence-electron chi connectivity index (χ2n) is 3.37. The Morgan fingerprint density at radius 3 is 3.14 bits per heavy atom. The summed E-state index contributed by atoms with van der Waals surface area (Å²) in [4.78, 5) is 10.3.